The summed E-state index contributed by atoms with van der Waals surface area (Å²) >= 11 is 6.10. The summed E-state index contributed by atoms with van der Waals surface area (Å²) in [6, 6.07) is 12.1. The van der Waals surface area contributed by atoms with Gasteiger partial charge in [0.2, 0.25) is 0 Å². The molecule has 0 fully saturated rings. The van der Waals surface area contributed by atoms with E-state index < -0.39 is 6.10 Å². The number of hydrogen-bond acceptors (Lipinski definition) is 1. The maximum absolute atomic E-state index is 10.7. The van der Waals surface area contributed by atoms with Gasteiger partial charge in [-0.1, -0.05) is 49.7 Å². The molecule has 1 N–H and O–H groups in total. The van der Waals surface area contributed by atoms with Crippen molar-refractivity contribution in [3.8, 4) is 0 Å². The van der Waals surface area contributed by atoms with E-state index in [4.69, 9.17) is 11.6 Å². The van der Waals surface area contributed by atoms with Crippen LogP contribution < -0.4 is 0 Å². The minimum absolute atomic E-state index is 0.617. The lowest BCUT2D eigenvalue weighted by Crippen LogP contribution is -2.05. The molecule has 0 saturated carbocycles. The molecule has 0 spiro atoms. The van der Waals surface area contributed by atoms with Crippen LogP contribution in [-0.4, -0.2) is 5.11 Å². The third-order valence-electron chi connectivity index (χ3n) is 3.67. The molecule has 2 rings (SSSR count). The van der Waals surface area contributed by atoms with Gasteiger partial charge in [-0.05, 0) is 59.7 Å². The van der Waals surface area contributed by atoms with Gasteiger partial charge in [-0.15, -0.1) is 0 Å². The van der Waals surface area contributed by atoms with Crippen molar-refractivity contribution in [3.05, 3.63) is 69.2 Å². The smallest absolute Gasteiger partial charge is 0.104 e. The third kappa shape index (κ3) is 3.23. The predicted octanol–water partition coefficient (Wildman–Crippen LogP) is 4.85. The summed E-state index contributed by atoms with van der Waals surface area (Å²) in [7, 11) is 0. The quantitative estimate of drug-likeness (QED) is 0.852. The Labute approximate surface area is 126 Å². The van der Waals surface area contributed by atoms with E-state index in [-0.39, 0.29) is 0 Å². The van der Waals surface area contributed by atoms with Gasteiger partial charge in [0.1, 0.15) is 6.10 Å². The highest BCUT2D eigenvalue weighted by Crippen LogP contribution is 2.29. The molecule has 2 aromatic carbocycles. The lowest BCUT2D eigenvalue weighted by molar-refractivity contribution is 0.219. The molecule has 0 bridgehead atoms. The van der Waals surface area contributed by atoms with E-state index >= 15 is 0 Å². The number of benzene rings is 2. The van der Waals surface area contributed by atoms with Crippen molar-refractivity contribution >= 4 is 11.6 Å². The van der Waals surface area contributed by atoms with Gasteiger partial charge >= 0.3 is 0 Å². The van der Waals surface area contributed by atoms with Crippen LogP contribution >= 0.6 is 11.6 Å². The molecule has 0 radical (unpaired) electrons. The molecule has 20 heavy (non-hydrogen) atoms. The lowest BCUT2D eigenvalue weighted by Gasteiger charge is -2.17. The SMILES string of the molecule is CCc1ccc(CC)c(C(O)c2cc(C)cc(Cl)c2)c1. The van der Waals surface area contributed by atoms with Gasteiger partial charge in [-0.25, -0.2) is 0 Å². The van der Waals surface area contributed by atoms with Crippen molar-refractivity contribution < 1.29 is 5.11 Å². The Morgan fingerprint density at radius 3 is 2.40 bits per heavy atom. The fourth-order valence-corrected chi connectivity index (χ4v) is 2.84. The summed E-state index contributed by atoms with van der Waals surface area (Å²) in [5.41, 5.74) is 5.35. The first-order valence-electron chi connectivity index (χ1n) is 7.12. The maximum Gasteiger partial charge on any atom is 0.104 e. The topological polar surface area (TPSA) is 20.2 Å². The molecule has 1 atom stereocenters. The van der Waals surface area contributed by atoms with E-state index in [1.165, 1.54) is 11.1 Å². The van der Waals surface area contributed by atoms with Crippen LogP contribution in [0.5, 0.6) is 0 Å². The zero-order valence-electron chi connectivity index (χ0n) is 12.3. The van der Waals surface area contributed by atoms with Crippen molar-refractivity contribution in [2.24, 2.45) is 0 Å². The zero-order chi connectivity index (χ0) is 14.7. The molecule has 0 aliphatic carbocycles. The van der Waals surface area contributed by atoms with Crippen LogP contribution in [0.1, 0.15) is 47.8 Å². The molecular weight excluding hydrogens is 268 g/mol. The molecule has 106 valence electrons. The van der Waals surface area contributed by atoms with Gasteiger partial charge in [0.25, 0.3) is 0 Å². The fourth-order valence-electron chi connectivity index (χ4n) is 2.54. The second-order valence-corrected chi connectivity index (χ2v) is 5.64. The van der Waals surface area contributed by atoms with Gasteiger partial charge in [-0.3, -0.25) is 0 Å². The maximum atomic E-state index is 10.7. The average molecular weight is 289 g/mol. The Balaban J connectivity index is 2.48. The Kier molecular flexibility index (Phi) is 4.85. The first-order valence-corrected chi connectivity index (χ1v) is 7.49. The molecule has 1 nitrogen and oxygen atoms in total. The van der Waals surface area contributed by atoms with Crippen molar-refractivity contribution in [2.45, 2.75) is 39.7 Å². The van der Waals surface area contributed by atoms with E-state index in [1.54, 1.807) is 0 Å². The number of aliphatic hydroxyl groups excluding tert-OH is 1. The van der Waals surface area contributed by atoms with Crippen LogP contribution in [0.25, 0.3) is 0 Å². The van der Waals surface area contributed by atoms with Crippen LogP contribution in [-0.2, 0) is 12.8 Å². The van der Waals surface area contributed by atoms with Crippen molar-refractivity contribution in [2.75, 3.05) is 0 Å². The summed E-state index contributed by atoms with van der Waals surface area (Å²) in [5, 5.41) is 11.4. The summed E-state index contributed by atoms with van der Waals surface area (Å²) in [6.07, 6.45) is 1.27. The molecule has 0 aliphatic heterocycles. The minimum atomic E-state index is -0.617. The highest BCUT2D eigenvalue weighted by molar-refractivity contribution is 6.30. The van der Waals surface area contributed by atoms with E-state index in [0.29, 0.717) is 5.02 Å². The molecule has 0 aliphatic rings. The zero-order valence-corrected chi connectivity index (χ0v) is 13.0. The van der Waals surface area contributed by atoms with Crippen molar-refractivity contribution in [1.29, 1.82) is 0 Å². The van der Waals surface area contributed by atoms with E-state index in [2.05, 4.69) is 32.0 Å². The van der Waals surface area contributed by atoms with Gasteiger partial charge in [0.15, 0.2) is 0 Å². The van der Waals surface area contributed by atoms with Crippen LogP contribution in [0.3, 0.4) is 0 Å². The number of rotatable bonds is 4. The number of halogens is 1. The predicted molar refractivity (Wildman–Crippen MR) is 85.4 cm³/mol. The molecule has 1 unspecified atom stereocenters. The molecule has 0 amide bonds. The average Bonchev–Trinajstić information content (AvgIpc) is 2.44. The Hall–Kier alpha value is -1.31. The van der Waals surface area contributed by atoms with Crippen molar-refractivity contribution in [3.63, 3.8) is 0 Å². The molecule has 0 saturated heterocycles. The number of hydrogen-bond donors (Lipinski definition) is 1. The molecular formula is C18H21ClO. The summed E-state index contributed by atoms with van der Waals surface area (Å²) < 4.78 is 0. The Morgan fingerprint density at radius 2 is 1.80 bits per heavy atom. The normalized spacial score (nSPS) is 12.4. The molecule has 2 heteroatoms. The van der Waals surface area contributed by atoms with Crippen LogP contribution in [0, 0.1) is 6.92 Å². The lowest BCUT2D eigenvalue weighted by atomic mass is 9.92. The summed E-state index contributed by atoms with van der Waals surface area (Å²) in [5.74, 6) is 0. The fraction of sp³-hybridized carbons (Fsp3) is 0.333. The van der Waals surface area contributed by atoms with Gasteiger partial charge in [0, 0.05) is 5.02 Å². The number of aryl methyl sites for hydroxylation is 3. The largest absolute Gasteiger partial charge is 0.384 e. The first-order chi connectivity index (χ1) is 9.55. The van der Waals surface area contributed by atoms with E-state index in [0.717, 1.165) is 29.5 Å². The molecule has 0 heterocycles. The minimum Gasteiger partial charge on any atom is -0.384 e. The monoisotopic (exact) mass is 288 g/mol. The van der Waals surface area contributed by atoms with Crippen LogP contribution in [0.15, 0.2) is 36.4 Å². The summed E-state index contributed by atoms with van der Waals surface area (Å²) in [6.45, 7) is 6.23. The van der Waals surface area contributed by atoms with Gasteiger partial charge < -0.3 is 5.11 Å². The highest BCUT2D eigenvalue weighted by atomic mass is 35.5. The summed E-state index contributed by atoms with van der Waals surface area (Å²) in [4.78, 5) is 0. The Morgan fingerprint density at radius 1 is 1.05 bits per heavy atom. The van der Waals surface area contributed by atoms with Crippen LogP contribution in [0.2, 0.25) is 5.02 Å². The molecule has 0 aromatic heterocycles. The second kappa shape index (κ2) is 6.43. The first kappa shape index (κ1) is 15.1. The second-order valence-electron chi connectivity index (χ2n) is 5.20. The van der Waals surface area contributed by atoms with E-state index in [1.807, 2.05) is 25.1 Å². The van der Waals surface area contributed by atoms with Gasteiger partial charge in [-0.2, -0.15) is 0 Å². The highest BCUT2D eigenvalue weighted by Gasteiger charge is 2.15. The van der Waals surface area contributed by atoms with Crippen molar-refractivity contribution in [1.82, 2.24) is 0 Å². The van der Waals surface area contributed by atoms with Crippen LogP contribution in [0.4, 0.5) is 0 Å². The standard InChI is InChI=1S/C18H21ClO/c1-4-13-6-7-14(5-2)17(10-13)18(20)15-8-12(3)9-16(19)11-15/h6-11,18,20H,4-5H2,1-3H3. The third-order valence-corrected chi connectivity index (χ3v) is 3.89. The van der Waals surface area contributed by atoms with E-state index in [9.17, 15) is 5.11 Å². The molecule has 2 aromatic rings. The van der Waals surface area contributed by atoms with Gasteiger partial charge in [0.05, 0.1) is 0 Å². The number of aliphatic hydroxyl groups is 1. The Bertz CT molecular complexity index is 584.